The normalized spacial score (nSPS) is 9.73. The molecule has 0 aliphatic rings. The van der Waals surface area contributed by atoms with Gasteiger partial charge in [0.1, 0.15) is 0 Å². The second-order valence-corrected chi connectivity index (χ2v) is 4.00. The number of rotatable bonds is 11. The Morgan fingerprint density at radius 1 is 0.636 bits per heavy atom. The van der Waals surface area contributed by atoms with E-state index in [0.29, 0.717) is 0 Å². The van der Waals surface area contributed by atoms with Gasteiger partial charge in [0.15, 0.2) is 0 Å². The van der Waals surface area contributed by atoms with Gasteiger partial charge in [0, 0.05) is 30.2 Å². The second-order valence-electron chi connectivity index (χ2n) is 4.00. The maximum absolute atomic E-state index is 10.6. The van der Waals surface area contributed by atoms with E-state index in [-0.39, 0.29) is 39.2 Å². The molecule has 7 N–H and O–H groups in total. The van der Waals surface area contributed by atoms with Gasteiger partial charge in [0.05, 0.1) is 26.2 Å². The molecule has 11 nitrogen and oxygen atoms in total. The van der Waals surface area contributed by atoms with Gasteiger partial charge in [-0.2, -0.15) is 0 Å². The molecule has 0 unspecified atom stereocenters. The van der Waals surface area contributed by atoms with E-state index in [9.17, 15) is 19.2 Å². The number of hydrogen-bond donors (Lipinski definition) is 5. The molecule has 0 saturated carbocycles. The summed E-state index contributed by atoms with van der Waals surface area (Å²) in [5.41, 5.74) is 0. The molecule has 0 heterocycles. The zero-order valence-electron chi connectivity index (χ0n) is 13.6. The quantitative estimate of drug-likeness (QED) is 0.262. The van der Waals surface area contributed by atoms with Crippen molar-refractivity contribution >= 4 is 23.9 Å². The second kappa shape index (κ2) is 13.0. The Balaban J connectivity index is -0.000000301. The minimum atomic E-state index is -1.23. The average Bonchev–Trinajstić information content (AvgIpc) is 2.22. The van der Waals surface area contributed by atoms with Crippen LogP contribution in [0, 0.1) is 0 Å². The third-order valence-electron chi connectivity index (χ3n) is 2.17. The van der Waals surface area contributed by atoms with Crippen LogP contribution in [0.2, 0.25) is 0 Å². The van der Waals surface area contributed by atoms with Crippen molar-refractivity contribution in [3.63, 3.8) is 0 Å². The van der Waals surface area contributed by atoms with Crippen LogP contribution in [0.5, 0.6) is 0 Å². The van der Waals surface area contributed by atoms with Crippen LogP contribution in [0.3, 0.4) is 0 Å². The molecule has 22 heavy (non-hydrogen) atoms. The van der Waals surface area contributed by atoms with E-state index in [1.54, 1.807) is 0 Å². The van der Waals surface area contributed by atoms with Crippen LogP contribution in [0.15, 0.2) is 0 Å². The first kappa shape index (κ1) is 25.2. The van der Waals surface area contributed by atoms with Crippen molar-refractivity contribution in [3.8, 4) is 0 Å². The molecule has 0 aromatic heterocycles. The molecule has 0 aliphatic heterocycles. The van der Waals surface area contributed by atoms with Crippen LogP contribution in [0.25, 0.3) is 0 Å². The van der Waals surface area contributed by atoms with Crippen LogP contribution >= 0.6 is 0 Å². The van der Waals surface area contributed by atoms with Crippen molar-refractivity contribution in [3.05, 3.63) is 0 Å². The molecule has 0 spiro atoms. The minimum absolute atomic E-state index is 0. The molecule has 12 heteroatoms. The summed E-state index contributed by atoms with van der Waals surface area (Å²) >= 11 is 0. The molecule has 0 amide bonds. The van der Waals surface area contributed by atoms with Gasteiger partial charge in [0.2, 0.25) is 0 Å². The fraction of sp³-hybridized carbons (Fsp3) is 0.600. The number of aliphatic carboxylic acids is 4. The smallest absolute Gasteiger partial charge is 0.317 e. The Bertz CT molecular complexity index is 334. The third kappa shape index (κ3) is 14.7. The molecule has 0 rings (SSSR count). The molecular weight excluding hydrogens is 346 g/mol. The van der Waals surface area contributed by atoms with E-state index >= 15 is 0 Å². The first-order valence-corrected chi connectivity index (χ1v) is 5.52. The summed E-state index contributed by atoms with van der Waals surface area (Å²) in [6.07, 6.45) is 0. The van der Waals surface area contributed by atoms with Crippen molar-refractivity contribution in [2.75, 3.05) is 39.3 Å². The van der Waals surface area contributed by atoms with E-state index in [1.165, 1.54) is 0 Å². The number of nitrogens with zero attached hydrogens (tertiary/aromatic N) is 2. The maximum Gasteiger partial charge on any atom is 0.317 e. The molecular formula is C10H21FeN3O8-2. The monoisotopic (exact) mass is 367 g/mol. The van der Waals surface area contributed by atoms with Gasteiger partial charge in [0.25, 0.3) is 0 Å². The van der Waals surface area contributed by atoms with Gasteiger partial charge in [-0.05, 0) is 0 Å². The van der Waals surface area contributed by atoms with E-state index in [4.69, 9.17) is 20.4 Å². The fourth-order valence-electron chi connectivity index (χ4n) is 1.48. The predicted octanol–water partition coefficient (Wildman–Crippen LogP) is -1.69. The van der Waals surface area contributed by atoms with Crippen molar-refractivity contribution in [1.82, 2.24) is 16.0 Å². The Labute approximate surface area is 139 Å². The molecule has 0 aromatic carbocycles. The molecule has 134 valence electrons. The average molecular weight is 367 g/mol. The summed E-state index contributed by atoms with van der Waals surface area (Å²) in [7, 11) is 0. The van der Waals surface area contributed by atoms with Crippen LogP contribution in [-0.2, 0) is 36.2 Å². The van der Waals surface area contributed by atoms with Crippen LogP contribution in [-0.4, -0.2) is 93.4 Å². The van der Waals surface area contributed by atoms with Gasteiger partial charge in [-0.3, -0.25) is 29.0 Å². The van der Waals surface area contributed by atoms with Gasteiger partial charge in [-0.15, -0.1) is 0 Å². The zero-order chi connectivity index (χ0) is 15.7. The van der Waals surface area contributed by atoms with Crippen molar-refractivity contribution in [2.45, 2.75) is 0 Å². The molecule has 0 saturated heterocycles. The first-order chi connectivity index (χ1) is 9.20. The summed E-state index contributed by atoms with van der Waals surface area (Å²) in [5.74, 6) is -4.91. The largest absolute Gasteiger partial charge is 1.00 e. The number of hydrogen-bond acceptors (Lipinski definition) is 7. The first-order valence-electron chi connectivity index (χ1n) is 5.52. The number of carboxylic acids is 4. The fourth-order valence-corrected chi connectivity index (χ4v) is 1.48. The van der Waals surface area contributed by atoms with E-state index in [2.05, 4.69) is 0 Å². The Hall–Kier alpha value is -1.72. The van der Waals surface area contributed by atoms with Crippen molar-refractivity contribution < 1.29 is 59.5 Å². The van der Waals surface area contributed by atoms with Crippen LogP contribution < -0.4 is 6.15 Å². The Kier molecular flexibility index (Phi) is 14.9. The molecule has 0 bridgehead atoms. The zero-order valence-corrected chi connectivity index (χ0v) is 12.7. The van der Waals surface area contributed by atoms with Gasteiger partial charge < -0.3 is 29.4 Å². The van der Waals surface area contributed by atoms with Gasteiger partial charge in [-0.1, -0.05) is 0 Å². The standard InChI is InChI=1S/C10H16N2O8.Fe.H3N.2H/c13-7(14)3-11(4-8(15)16)1-2-12(5-9(17)18)6-10(19)20;;;;/h1-6H2,(H,13,14)(H,15,16)(H,17,18)(H,19,20);;1H3;;/q;;;2*-1. The van der Waals surface area contributed by atoms with Crippen molar-refractivity contribution in [2.24, 2.45) is 0 Å². The number of carbonyl (C=O) groups is 4. The summed E-state index contributed by atoms with van der Waals surface area (Å²) in [6.45, 7) is -2.25. The van der Waals surface area contributed by atoms with Crippen LogP contribution in [0.1, 0.15) is 2.85 Å². The maximum atomic E-state index is 10.6. The molecule has 0 aliphatic carbocycles. The topological polar surface area (TPSA) is 191 Å². The Morgan fingerprint density at radius 3 is 0.955 bits per heavy atom. The summed E-state index contributed by atoms with van der Waals surface area (Å²) in [4.78, 5) is 44.4. The van der Waals surface area contributed by atoms with Gasteiger partial charge in [-0.25, -0.2) is 0 Å². The SMILES string of the molecule is N.O=C(O)CN(CCN(CC(=O)O)CC(=O)O)CC(=O)O.[Fe].[H-].[H-]. The molecule has 0 aromatic rings. The minimum Gasteiger partial charge on any atom is -1.00 e. The summed E-state index contributed by atoms with van der Waals surface area (Å²) in [6, 6.07) is 0. The van der Waals surface area contributed by atoms with E-state index in [0.717, 1.165) is 9.80 Å². The molecule has 0 radical (unpaired) electrons. The van der Waals surface area contributed by atoms with E-state index < -0.39 is 50.1 Å². The predicted molar refractivity (Wildman–Crippen MR) is 70.7 cm³/mol. The van der Waals surface area contributed by atoms with Gasteiger partial charge >= 0.3 is 23.9 Å². The third-order valence-corrected chi connectivity index (χ3v) is 2.17. The van der Waals surface area contributed by atoms with Crippen molar-refractivity contribution in [1.29, 1.82) is 0 Å². The number of carboxylic acid groups (broad SMARTS) is 4. The van der Waals surface area contributed by atoms with Crippen LogP contribution in [0.4, 0.5) is 0 Å². The molecule has 0 fully saturated rings. The summed E-state index contributed by atoms with van der Waals surface area (Å²) < 4.78 is 0. The van der Waals surface area contributed by atoms with E-state index in [1.807, 2.05) is 0 Å². The Morgan fingerprint density at radius 2 is 0.818 bits per heavy atom. The molecule has 0 atom stereocenters. The summed E-state index contributed by atoms with van der Waals surface area (Å²) in [5, 5.41) is 34.5.